The number of carbonyl (C=O) groups excluding carboxylic acids is 2. The van der Waals surface area contributed by atoms with Gasteiger partial charge in [0.05, 0.1) is 6.21 Å². The van der Waals surface area contributed by atoms with Gasteiger partial charge in [0.1, 0.15) is 5.75 Å². The Kier molecular flexibility index (Phi) is 7.40. The van der Waals surface area contributed by atoms with Gasteiger partial charge in [0.15, 0.2) is 6.61 Å². The zero-order valence-electron chi connectivity index (χ0n) is 17.2. The maximum absolute atomic E-state index is 12.2. The first-order valence-electron chi connectivity index (χ1n) is 9.59. The van der Waals surface area contributed by atoms with Crippen LogP contribution in [0.3, 0.4) is 0 Å². The summed E-state index contributed by atoms with van der Waals surface area (Å²) in [5, 5.41) is 7.37. The Balaban J connectivity index is 1.53. The molecule has 3 aromatic carbocycles. The van der Waals surface area contributed by atoms with Crippen molar-refractivity contribution in [2.45, 2.75) is 13.8 Å². The van der Waals surface area contributed by atoms with Crippen molar-refractivity contribution < 1.29 is 14.3 Å². The molecule has 0 aliphatic heterocycles. The Morgan fingerprint density at radius 2 is 1.81 bits per heavy atom. The fourth-order valence-corrected chi connectivity index (χ4v) is 2.85. The Morgan fingerprint density at radius 1 is 1.03 bits per heavy atom. The third kappa shape index (κ3) is 6.69. The van der Waals surface area contributed by atoms with Crippen molar-refractivity contribution in [2.24, 2.45) is 5.10 Å². The molecule has 0 unspecified atom stereocenters. The van der Waals surface area contributed by atoms with Crippen LogP contribution in [0, 0.1) is 13.8 Å². The second-order valence-electron chi connectivity index (χ2n) is 6.93. The average Bonchev–Trinajstić information content (AvgIpc) is 2.75. The molecule has 3 rings (SSSR count). The Hall–Kier alpha value is -3.64. The van der Waals surface area contributed by atoms with Gasteiger partial charge >= 0.3 is 0 Å². The summed E-state index contributed by atoms with van der Waals surface area (Å²) in [6.07, 6.45) is 1.50. The number of aryl methyl sites for hydroxylation is 2. The smallest absolute Gasteiger partial charge is 0.271 e. The van der Waals surface area contributed by atoms with Crippen LogP contribution in [-0.4, -0.2) is 24.6 Å². The van der Waals surface area contributed by atoms with E-state index in [1.54, 1.807) is 48.5 Å². The van der Waals surface area contributed by atoms with Crippen molar-refractivity contribution in [3.63, 3.8) is 0 Å². The summed E-state index contributed by atoms with van der Waals surface area (Å²) in [4.78, 5) is 24.3. The van der Waals surface area contributed by atoms with Gasteiger partial charge in [-0.3, -0.25) is 9.59 Å². The molecule has 0 aliphatic carbocycles. The van der Waals surface area contributed by atoms with Crippen LogP contribution in [0.4, 0.5) is 5.69 Å². The Bertz CT molecular complexity index is 1110. The quantitative estimate of drug-likeness (QED) is 0.415. The predicted octanol–water partition coefficient (Wildman–Crippen LogP) is 4.74. The van der Waals surface area contributed by atoms with Gasteiger partial charge in [-0.25, -0.2) is 5.43 Å². The Labute approximate surface area is 185 Å². The van der Waals surface area contributed by atoms with E-state index in [2.05, 4.69) is 15.8 Å². The third-order valence-corrected chi connectivity index (χ3v) is 4.63. The number of ether oxygens (including phenoxy) is 1. The lowest BCUT2D eigenvalue weighted by Crippen LogP contribution is -2.20. The molecule has 3 aromatic rings. The topological polar surface area (TPSA) is 79.8 Å². The van der Waals surface area contributed by atoms with E-state index in [0.717, 1.165) is 16.8 Å². The van der Waals surface area contributed by atoms with Crippen LogP contribution >= 0.6 is 11.6 Å². The molecular weight excluding hydrogens is 414 g/mol. The van der Waals surface area contributed by atoms with Crippen molar-refractivity contribution in [2.75, 3.05) is 11.9 Å². The van der Waals surface area contributed by atoms with E-state index >= 15 is 0 Å². The van der Waals surface area contributed by atoms with E-state index < -0.39 is 0 Å². The van der Waals surface area contributed by atoms with Crippen LogP contribution in [0.1, 0.15) is 27.0 Å². The van der Waals surface area contributed by atoms with Gasteiger partial charge in [-0.05, 0) is 73.0 Å². The highest BCUT2D eigenvalue weighted by Crippen LogP contribution is 2.17. The minimum atomic E-state index is -0.344. The lowest BCUT2D eigenvalue weighted by atomic mass is 10.1. The van der Waals surface area contributed by atoms with Gasteiger partial charge in [0.25, 0.3) is 11.8 Å². The van der Waals surface area contributed by atoms with Gasteiger partial charge in [-0.2, -0.15) is 5.10 Å². The molecule has 0 atom stereocenters. The van der Waals surface area contributed by atoms with Gasteiger partial charge in [-0.15, -0.1) is 0 Å². The molecule has 6 nitrogen and oxygen atoms in total. The van der Waals surface area contributed by atoms with Crippen molar-refractivity contribution in [1.82, 2.24) is 5.43 Å². The highest BCUT2D eigenvalue weighted by Gasteiger charge is 2.07. The molecule has 158 valence electrons. The van der Waals surface area contributed by atoms with Crippen molar-refractivity contribution in [1.29, 1.82) is 0 Å². The highest BCUT2D eigenvalue weighted by molar-refractivity contribution is 6.30. The second kappa shape index (κ2) is 10.4. The number of carbonyl (C=O) groups is 2. The number of halogens is 1. The van der Waals surface area contributed by atoms with Crippen LogP contribution < -0.4 is 15.5 Å². The summed E-state index contributed by atoms with van der Waals surface area (Å²) < 4.78 is 5.59. The number of anilines is 1. The van der Waals surface area contributed by atoms with Gasteiger partial charge in [0.2, 0.25) is 0 Å². The fourth-order valence-electron chi connectivity index (χ4n) is 2.72. The highest BCUT2D eigenvalue weighted by atomic mass is 35.5. The summed E-state index contributed by atoms with van der Waals surface area (Å²) in [6.45, 7) is 3.78. The molecule has 0 radical (unpaired) electrons. The zero-order chi connectivity index (χ0) is 22.2. The number of amides is 2. The normalized spacial score (nSPS) is 10.7. The fraction of sp³-hybridized carbons (Fsp3) is 0.125. The molecule has 0 aromatic heterocycles. The zero-order valence-corrected chi connectivity index (χ0v) is 17.9. The van der Waals surface area contributed by atoms with E-state index in [1.165, 1.54) is 6.21 Å². The van der Waals surface area contributed by atoms with Crippen LogP contribution in [0.5, 0.6) is 5.75 Å². The first-order valence-corrected chi connectivity index (χ1v) is 9.97. The van der Waals surface area contributed by atoms with Crippen LogP contribution in [0.2, 0.25) is 5.02 Å². The number of hydrogen-bond acceptors (Lipinski definition) is 4. The lowest BCUT2D eigenvalue weighted by Gasteiger charge is -2.10. The molecule has 0 bridgehead atoms. The van der Waals surface area contributed by atoms with Crippen LogP contribution in [-0.2, 0) is 4.79 Å². The predicted molar refractivity (Wildman–Crippen MR) is 123 cm³/mol. The van der Waals surface area contributed by atoms with Crippen molar-refractivity contribution >= 4 is 35.3 Å². The number of hydrazone groups is 1. The van der Waals surface area contributed by atoms with Gasteiger partial charge in [-0.1, -0.05) is 35.9 Å². The second-order valence-corrected chi connectivity index (χ2v) is 7.37. The average molecular weight is 436 g/mol. The molecule has 7 heteroatoms. The minimum absolute atomic E-state index is 0.124. The molecule has 0 aliphatic rings. The third-order valence-electron chi connectivity index (χ3n) is 4.38. The molecule has 0 fully saturated rings. The SMILES string of the molecule is Cc1ccc(C)c(NC(=O)COc2cccc(/C=N/NC(=O)c3ccc(Cl)cc3)c2)c1. The van der Waals surface area contributed by atoms with Crippen molar-refractivity contribution in [3.05, 3.63) is 94.0 Å². The monoisotopic (exact) mass is 435 g/mol. The number of nitrogens with zero attached hydrogens (tertiary/aromatic N) is 1. The first kappa shape index (κ1) is 22.1. The first-order chi connectivity index (χ1) is 14.9. The molecule has 0 saturated carbocycles. The summed E-state index contributed by atoms with van der Waals surface area (Å²) in [6, 6.07) is 19.4. The number of rotatable bonds is 7. The summed E-state index contributed by atoms with van der Waals surface area (Å²) in [5.74, 6) is -0.0736. The maximum atomic E-state index is 12.2. The van der Waals surface area contributed by atoms with Gasteiger partial charge < -0.3 is 10.1 Å². The van der Waals surface area contributed by atoms with Gasteiger partial charge in [0, 0.05) is 16.3 Å². The standard InChI is InChI=1S/C24H22ClN3O3/c1-16-6-7-17(2)22(12-16)27-23(29)15-31-21-5-3-4-18(13-21)14-26-28-24(30)19-8-10-20(25)11-9-19/h3-14H,15H2,1-2H3,(H,27,29)(H,28,30)/b26-14+. The van der Waals surface area contributed by atoms with Crippen LogP contribution in [0.25, 0.3) is 0 Å². The summed E-state index contributed by atoms with van der Waals surface area (Å²) in [7, 11) is 0. The minimum Gasteiger partial charge on any atom is -0.484 e. The molecule has 0 heterocycles. The lowest BCUT2D eigenvalue weighted by molar-refractivity contribution is -0.118. The molecular formula is C24H22ClN3O3. The van der Waals surface area contributed by atoms with E-state index in [0.29, 0.717) is 21.9 Å². The molecule has 31 heavy (non-hydrogen) atoms. The van der Waals surface area contributed by atoms with Crippen molar-refractivity contribution in [3.8, 4) is 5.75 Å². The molecule has 0 saturated heterocycles. The largest absolute Gasteiger partial charge is 0.484 e. The summed E-state index contributed by atoms with van der Waals surface area (Å²) >= 11 is 5.82. The van der Waals surface area contributed by atoms with E-state index in [-0.39, 0.29) is 18.4 Å². The molecule has 2 amide bonds. The number of hydrogen-bond donors (Lipinski definition) is 2. The van der Waals surface area contributed by atoms with E-state index in [1.807, 2.05) is 32.0 Å². The molecule has 2 N–H and O–H groups in total. The Morgan fingerprint density at radius 3 is 2.58 bits per heavy atom. The van der Waals surface area contributed by atoms with E-state index in [4.69, 9.17) is 16.3 Å². The number of nitrogens with one attached hydrogen (secondary N) is 2. The van der Waals surface area contributed by atoms with E-state index in [9.17, 15) is 9.59 Å². The molecule has 0 spiro atoms. The number of benzene rings is 3. The maximum Gasteiger partial charge on any atom is 0.271 e. The van der Waals surface area contributed by atoms with Crippen LogP contribution in [0.15, 0.2) is 71.8 Å². The summed E-state index contributed by atoms with van der Waals surface area (Å²) in [5.41, 5.74) is 6.44.